The van der Waals surface area contributed by atoms with E-state index in [-0.39, 0.29) is 5.97 Å². The van der Waals surface area contributed by atoms with Crippen LogP contribution in [-0.2, 0) is 14.3 Å². The lowest BCUT2D eigenvalue weighted by atomic mass is 9.87. The smallest absolute Gasteiger partial charge is 0.330 e. The lowest BCUT2D eigenvalue weighted by molar-refractivity contribution is -0.138. The summed E-state index contributed by atoms with van der Waals surface area (Å²) in [6.07, 6.45) is 10.9. The van der Waals surface area contributed by atoms with E-state index in [4.69, 9.17) is 9.47 Å². The summed E-state index contributed by atoms with van der Waals surface area (Å²) in [4.78, 5) is 11.4. The second kappa shape index (κ2) is 6.20. The molecule has 17 heavy (non-hydrogen) atoms. The molecule has 0 amide bonds. The Morgan fingerprint density at radius 1 is 1.18 bits per heavy atom. The largest absolute Gasteiger partial charge is 0.462 e. The molecule has 0 aromatic carbocycles. The molecule has 0 aromatic heterocycles. The Hall–Kier alpha value is -0.830. The van der Waals surface area contributed by atoms with Gasteiger partial charge in [0.2, 0.25) is 0 Å². The maximum Gasteiger partial charge on any atom is 0.330 e. The minimum atomic E-state index is -0.175. The van der Waals surface area contributed by atoms with Crippen LogP contribution in [0.5, 0.6) is 0 Å². The Bertz CT molecular complexity index is 273. The maximum absolute atomic E-state index is 11.4. The van der Waals surface area contributed by atoms with Gasteiger partial charge in [0, 0.05) is 13.2 Å². The van der Waals surface area contributed by atoms with E-state index in [1.165, 1.54) is 12.8 Å². The number of ether oxygens (including phenoxy) is 2. The van der Waals surface area contributed by atoms with Gasteiger partial charge in [-0.1, -0.05) is 6.08 Å². The quantitative estimate of drug-likeness (QED) is 0.545. The van der Waals surface area contributed by atoms with Crippen molar-refractivity contribution < 1.29 is 14.3 Å². The van der Waals surface area contributed by atoms with Crippen LogP contribution in [0.2, 0.25) is 0 Å². The zero-order valence-corrected chi connectivity index (χ0v) is 10.6. The van der Waals surface area contributed by atoms with E-state index in [2.05, 4.69) is 0 Å². The third-order valence-electron chi connectivity index (χ3n) is 3.71. The third kappa shape index (κ3) is 4.50. The van der Waals surface area contributed by atoms with E-state index >= 15 is 0 Å². The van der Waals surface area contributed by atoms with Crippen molar-refractivity contribution in [3.05, 3.63) is 12.2 Å². The molecule has 0 aliphatic heterocycles. The van der Waals surface area contributed by atoms with Gasteiger partial charge in [-0.2, -0.15) is 0 Å². The predicted octanol–water partition coefficient (Wildman–Crippen LogP) is 2.70. The second-order valence-corrected chi connectivity index (χ2v) is 5.21. The maximum atomic E-state index is 11.4. The van der Waals surface area contributed by atoms with Crippen molar-refractivity contribution >= 4 is 5.97 Å². The van der Waals surface area contributed by atoms with Gasteiger partial charge in [0.25, 0.3) is 0 Å². The van der Waals surface area contributed by atoms with Gasteiger partial charge in [-0.25, -0.2) is 4.79 Å². The minimum Gasteiger partial charge on any atom is -0.462 e. The molecule has 0 heterocycles. The number of carbonyl (C=O) groups excluding carboxylic acids is 1. The average molecular weight is 238 g/mol. The topological polar surface area (TPSA) is 35.5 Å². The number of rotatable bonds is 5. The molecule has 0 atom stereocenters. The van der Waals surface area contributed by atoms with Crippen molar-refractivity contribution in [3.63, 3.8) is 0 Å². The Labute approximate surface area is 103 Å². The molecule has 96 valence electrons. The summed E-state index contributed by atoms with van der Waals surface area (Å²) in [6, 6.07) is 0. The zero-order valence-electron chi connectivity index (χ0n) is 10.6. The van der Waals surface area contributed by atoms with Crippen LogP contribution in [-0.4, -0.2) is 25.8 Å². The molecule has 0 bridgehead atoms. The first-order valence-corrected chi connectivity index (χ1v) is 6.65. The molecule has 0 spiro atoms. The molecule has 2 aliphatic rings. The van der Waals surface area contributed by atoms with Gasteiger partial charge in [0.05, 0.1) is 12.7 Å². The van der Waals surface area contributed by atoms with Crippen molar-refractivity contribution in [2.45, 2.75) is 44.6 Å². The molecule has 0 unspecified atom stereocenters. The highest BCUT2D eigenvalue weighted by molar-refractivity contribution is 5.81. The molecule has 0 radical (unpaired) electrons. The molecule has 3 nitrogen and oxygen atoms in total. The molecule has 0 saturated heterocycles. The number of methoxy groups -OCH3 is 1. The molecular formula is C14H22O3. The molecule has 0 N–H and O–H groups in total. The van der Waals surface area contributed by atoms with E-state index in [9.17, 15) is 4.79 Å². The number of allylic oxidation sites excluding steroid dienone is 1. The molecule has 2 saturated carbocycles. The highest BCUT2D eigenvalue weighted by Crippen LogP contribution is 2.29. The van der Waals surface area contributed by atoms with Crippen LogP contribution >= 0.6 is 0 Å². The van der Waals surface area contributed by atoms with Crippen molar-refractivity contribution in [1.29, 1.82) is 0 Å². The standard InChI is InChI=1S/C14H22O3/c1-16-13-7-4-11(5-8-13)6-9-14(15)17-10-12-2-3-12/h6,9,11-13H,2-5,7-8,10H2,1H3. The van der Waals surface area contributed by atoms with E-state index in [0.29, 0.717) is 24.5 Å². The molecular weight excluding hydrogens is 216 g/mol. The van der Waals surface area contributed by atoms with Crippen LogP contribution < -0.4 is 0 Å². The summed E-state index contributed by atoms with van der Waals surface area (Å²) < 4.78 is 10.5. The number of hydrogen-bond donors (Lipinski definition) is 0. The number of hydrogen-bond acceptors (Lipinski definition) is 3. The van der Waals surface area contributed by atoms with E-state index < -0.39 is 0 Å². The van der Waals surface area contributed by atoms with Crippen molar-refractivity contribution in [1.82, 2.24) is 0 Å². The third-order valence-corrected chi connectivity index (χ3v) is 3.71. The van der Waals surface area contributed by atoms with E-state index in [1.807, 2.05) is 6.08 Å². The van der Waals surface area contributed by atoms with Crippen LogP contribution in [0.25, 0.3) is 0 Å². The highest BCUT2D eigenvalue weighted by Gasteiger charge is 2.23. The summed E-state index contributed by atoms with van der Waals surface area (Å²) in [5, 5.41) is 0. The van der Waals surface area contributed by atoms with Crippen molar-refractivity contribution in [2.75, 3.05) is 13.7 Å². The fourth-order valence-electron chi connectivity index (χ4n) is 2.26. The SMILES string of the molecule is COC1CCC(C=CC(=O)OCC2CC2)CC1. The Balaban J connectivity index is 1.63. The summed E-state index contributed by atoms with van der Waals surface area (Å²) >= 11 is 0. The minimum absolute atomic E-state index is 0.175. The van der Waals surface area contributed by atoms with Gasteiger partial charge in [0.15, 0.2) is 0 Å². The first-order chi connectivity index (χ1) is 8.28. The fourth-order valence-corrected chi connectivity index (χ4v) is 2.26. The summed E-state index contributed by atoms with van der Waals surface area (Å²) in [6.45, 7) is 0.611. The second-order valence-electron chi connectivity index (χ2n) is 5.21. The van der Waals surface area contributed by atoms with Crippen molar-refractivity contribution in [3.8, 4) is 0 Å². The van der Waals surface area contributed by atoms with Gasteiger partial charge in [-0.3, -0.25) is 0 Å². The zero-order chi connectivity index (χ0) is 12.1. The van der Waals surface area contributed by atoms with E-state index in [0.717, 1.165) is 25.7 Å². The Kier molecular flexibility index (Phi) is 4.60. The number of esters is 1. The van der Waals surface area contributed by atoms with Crippen LogP contribution in [0.1, 0.15) is 38.5 Å². The van der Waals surface area contributed by atoms with Crippen molar-refractivity contribution in [2.24, 2.45) is 11.8 Å². The summed E-state index contributed by atoms with van der Waals surface area (Å²) in [5.41, 5.74) is 0. The lowest BCUT2D eigenvalue weighted by Crippen LogP contribution is -2.19. The van der Waals surface area contributed by atoms with Crippen LogP contribution in [0.3, 0.4) is 0 Å². The van der Waals surface area contributed by atoms with Gasteiger partial charge in [-0.15, -0.1) is 0 Å². The monoisotopic (exact) mass is 238 g/mol. The average Bonchev–Trinajstić information content (AvgIpc) is 3.18. The molecule has 2 rings (SSSR count). The van der Waals surface area contributed by atoms with Crippen LogP contribution in [0, 0.1) is 11.8 Å². The predicted molar refractivity (Wildman–Crippen MR) is 65.6 cm³/mol. The molecule has 0 aromatic rings. The van der Waals surface area contributed by atoms with E-state index in [1.54, 1.807) is 13.2 Å². The summed E-state index contributed by atoms with van der Waals surface area (Å²) in [5.74, 6) is 0.991. The normalized spacial score (nSPS) is 29.5. The van der Waals surface area contributed by atoms with Gasteiger partial charge in [-0.05, 0) is 50.4 Å². The van der Waals surface area contributed by atoms with Gasteiger partial charge >= 0.3 is 5.97 Å². The fraction of sp³-hybridized carbons (Fsp3) is 0.786. The Morgan fingerprint density at radius 3 is 2.47 bits per heavy atom. The van der Waals surface area contributed by atoms with Gasteiger partial charge in [0.1, 0.15) is 0 Å². The highest BCUT2D eigenvalue weighted by atomic mass is 16.5. The molecule has 3 heteroatoms. The first-order valence-electron chi connectivity index (χ1n) is 6.65. The Morgan fingerprint density at radius 2 is 1.88 bits per heavy atom. The number of carbonyl (C=O) groups is 1. The summed E-state index contributed by atoms with van der Waals surface area (Å²) in [7, 11) is 1.77. The molecule has 2 aliphatic carbocycles. The molecule has 2 fully saturated rings. The van der Waals surface area contributed by atoms with Crippen LogP contribution in [0.15, 0.2) is 12.2 Å². The lowest BCUT2D eigenvalue weighted by Gasteiger charge is -2.25. The van der Waals surface area contributed by atoms with Gasteiger partial charge < -0.3 is 9.47 Å². The van der Waals surface area contributed by atoms with Crippen LogP contribution in [0.4, 0.5) is 0 Å². The first kappa shape index (κ1) is 12.6.